The highest BCUT2D eigenvalue weighted by molar-refractivity contribution is 8.12. The molecule has 0 aromatic heterocycles. The van der Waals surface area contributed by atoms with Gasteiger partial charge in [-0.15, -0.1) is 0 Å². The van der Waals surface area contributed by atoms with Crippen molar-refractivity contribution in [1.29, 1.82) is 0 Å². The standard InChI is InChI=1S/C19H22O3S/c1-5-15-9-10-17(14(3)11-15)21-12-16-13(2)7-6-8-18(16)22-19(20)23-4/h6-11H,5,12H2,1-4H3. The van der Waals surface area contributed by atoms with Gasteiger partial charge >= 0.3 is 5.30 Å². The van der Waals surface area contributed by atoms with Gasteiger partial charge in [0, 0.05) is 5.56 Å². The third-order valence-electron chi connectivity index (χ3n) is 3.75. The molecule has 0 bridgehead atoms. The lowest BCUT2D eigenvalue weighted by Crippen LogP contribution is -2.06. The fourth-order valence-corrected chi connectivity index (χ4v) is 2.50. The predicted octanol–water partition coefficient (Wildman–Crippen LogP) is 5.31. The molecule has 0 heterocycles. The fraction of sp³-hybridized carbons (Fsp3) is 0.316. The number of hydrogen-bond donors (Lipinski definition) is 0. The highest BCUT2D eigenvalue weighted by Gasteiger charge is 2.12. The Hall–Kier alpha value is -1.94. The molecule has 0 N–H and O–H groups in total. The number of carbonyl (C=O) groups excluding carboxylic acids is 1. The van der Waals surface area contributed by atoms with Crippen LogP contribution in [0.4, 0.5) is 4.79 Å². The van der Waals surface area contributed by atoms with Crippen LogP contribution in [0.3, 0.4) is 0 Å². The van der Waals surface area contributed by atoms with Crippen molar-refractivity contribution in [2.45, 2.75) is 33.8 Å². The first-order valence-corrected chi connectivity index (χ1v) is 8.84. The summed E-state index contributed by atoms with van der Waals surface area (Å²) in [5.41, 5.74) is 4.34. The predicted molar refractivity (Wildman–Crippen MR) is 95.6 cm³/mol. The van der Waals surface area contributed by atoms with E-state index in [1.54, 1.807) is 12.3 Å². The van der Waals surface area contributed by atoms with E-state index in [1.807, 2.05) is 32.0 Å². The summed E-state index contributed by atoms with van der Waals surface area (Å²) in [4.78, 5) is 11.5. The summed E-state index contributed by atoms with van der Waals surface area (Å²) >= 11 is 1.05. The van der Waals surface area contributed by atoms with Gasteiger partial charge in [0.1, 0.15) is 18.1 Å². The van der Waals surface area contributed by atoms with Gasteiger partial charge in [-0.25, -0.2) is 4.79 Å². The molecule has 0 amide bonds. The monoisotopic (exact) mass is 330 g/mol. The number of aryl methyl sites for hydroxylation is 3. The molecule has 3 nitrogen and oxygen atoms in total. The van der Waals surface area contributed by atoms with Gasteiger partial charge in [0.2, 0.25) is 0 Å². The maximum atomic E-state index is 11.5. The summed E-state index contributed by atoms with van der Waals surface area (Å²) in [6, 6.07) is 11.9. The van der Waals surface area contributed by atoms with E-state index in [-0.39, 0.29) is 5.30 Å². The minimum Gasteiger partial charge on any atom is -0.488 e. The number of ether oxygens (including phenoxy) is 2. The van der Waals surface area contributed by atoms with Crippen LogP contribution in [-0.2, 0) is 13.0 Å². The van der Waals surface area contributed by atoms with Crippen LogP contribution in [0.25, 0.3) is 0 Å². The summed E-state index contributed by atoms with van der Waals surface area (Å²) in [7, 11) is 0. The van der Waals surface area contributed by atoms with Gasteiger partial charge < -0.3 is 9.47 Å². The van der Waals surface area contributed by atoms with Crippen LogP contribution in [-0.4, -0.2) is 11.6 Å². The van der Waals surface area contributed by atoms with Crippen molar-refractivity contribution >= 4 is 17.1 Å². The molecule has 0 aliphatic carbocycles. The number of carbonyl (C=O) groups is 1. The topological polar surface area (TPSA) is 35.5 Å². The van der Waals surface area contributed by atoms with Gasteiger partial charge in [-0.1, -0.05) is 31.2 Å². The van der Waals surface area contributed by atoms with Crippen LogP contribution in [0.5, 0.6) is 11.5 Å². The number of benzene rings is 2. The number of thioether (sulfide) groups is 1. The highest BCUT2D eigenvalue weighted by Crippen LogP contribution is 2.27. The molecule has 23 heavy (non-hydrogen) atoms. The first-order chi connectivity index (χ1) is 11.0. The van der Waals surface area contributed by atoms with Crippen LogP contribution in [0.1, 0.15) is 29.2 Å². The van der Waals surface area contributed by atoms with E-state index in [1.165, 1.54) is 5.56 Å². The molecule has 0 unspecified atom stereocenters. The van der Waals surface area contributed by atoms with Crippen molar-refractivity contribution in [3.8, 4) is 11.5 Å². The van der Waals surface area contributed by atoms with Crippen LogP contribution < -0.4 is 9.47 Å². The van der Waals surface area contributed by atoms with E-state index in [0.717, 1.165) is 40.6 Å². The molecule has 0 radical (unpaired) electrons. The Labute approximate surface area is 142 Å². The number of rotatable bonds is 5. The molecule has 0 saturated carbocycles. The zero-order valence-corrected chi connectivity index (χ0v) is 14.8. The smallest absolute Gasteiger partial charge is 0.372 e. The molecule has 0 saturated heterocycles. The van der Waals surface area contributed by atoms with Gasteiger partial charge in [0.25, 0.3) is 0 Å². The lowest BCUT2D eigenvalue weighted by atomic mass is 10.1. The third kappa shape index (κ3) is 4.52. The van der Waals surface area contributed by atoms with E-state index < -0.39 is 0 Å². The molecular weight excluding hydrogens is 308 g/mol. The summed E-state index contributed by atoms with van der Waals surface area (Å²) in [6.45, 7) is 6.54. The molecule has 2 aromatic rings. The Balaban J connectivity index is 2.18. The van der Waals surface area contributed by atoms with Gasteiger partial charge in [-0.05, 0) is 67.1 Å². The highest BCUT2D eigenvalue weighted by atomic mass is 32.2. The maximum absolute atomic E-state index is 11.5. The number of hydrogen-bond acceptors (Lipinski definition) is 4. The average molecular weight is 330 g/mol. The molecule has 0 aliphatic heterocycles. The van der Waals surface area contributed by atoms with E-state index >= 15 is 0 Å². The molecule has 2 aromatic carbocycles. The molecule has 0 fully saturated rings. The second-order valence-electron chi connectivity index (χ2n) is 5.35. The fourth-order valence-electron chi connectivity index (χ4n) is 2.33. The van der Waals surface area contributed by atoms with Crippen molar-refractivity contribution in [1.82, 2.24) is 0 Å². The first kappa shape index (κ1) is 17.4. The molecule has 2 rings (SSSR count). The molecule has 4 heteroatoms. The SMILES string of the molecule is CCc1ccc(OCc2c(C)cccc2OC(=O)SC)c(C)c1. The quantitative estimate of drug-likeness (QED) is 0.696. The van der Waals surface area contributed by atoms with Crippen molar-refractivity contribution in [3.05, 3.63) is 58.7 Å². The second-order valence-corrected chi connectivity index (χ2v) is 6.09. The minimum absolute atomic E-state index is 0.319. The summed E-state index contributed by atoms with van der Waals surface area (Å²) < 4.78 is 11.3. The Morgan fingerprint density at radius 1 is 1.09 bits per heavy atom. The lowest BCUT2D eigenvalue weighted by molar-refractivity contribution is 0.225. The molecule has 0 atom stereocenters. The van der Waals surface area contributed by atoms with E-state index in [0.29, 0.717) is 12.4 Å². The summed E-state index contributed by atoms with van der Waals surface area (Å²) in [6.07, 6.45) is 2.71. The molecule has 0 spiro atoms. The third-order valence-corrected chi connectivity index (χ3v) is 4.16. The molecule has 0 aliphatic rings. The van der Waals surface area contributed by atoms with Crippen LogP contribution in [0.2, 0.25) is 0 Å². The van der Waals surface area contributed by atoms with Crippen LogP contribution >= 0.6 is 11.8 Å². The summed E-state index contributed by atoms with van der Waals surface area (Å²) in [5.74, 6) is 1.42. The van der Waals surface area contributed by atoms with Gasteiger partial charge in [-0.2, -0.15) is 0 Å². The summed E-state index contributed by atoms with van der Waals surface area (Å²) in [5, 5.41) is -0.319. The second kappa shape index (κ2) is 8.06. The normalized spacial score (nSPS) is 10.4. The van der Waals surface area contributed by atoms with Gasteiger partial charge in [0.05, 0.1) is 0 Å². The lowest BCUT2D eigenvalue weighted by Gasteiger charge is -2.15. The average Bonchev–Trinajstić information content (AvgIpc) is 2.55. The van der Waals surface area contributed by atoms with E-state index in [4.69, 9.17) is 9.47 Å². The Kier molecular flexibility index (Phi) is 6.11. The Morgan fingerprint density at radius 3 is 2.52 bits per heavy atom. The van der Waals surface area contributed by atoms with Gasteiger partial charge in [-0.3, -0.25) is 0 Å². The molecule has 122 valence electrons. The minimum atomic E-state index is -0.319. The first-order valence-electron chi connectivity index (χ1n) is 7.61. The van der Waals surface area contributed by atoms with Gasteiger partial charge in [0.15, 0.2) is 0 Å². The maximum Gasteiger partial charge on any atom is 0.372 e. The Bertz CT molecular complexity index is 695. The van der Waals surface area contributed by atoms with Crippen LogP contribution in [0.15, 0.2) is 36.4 Å². The van der Waals surface area contributed by atoms with Crippen molar-refractivity contribution in [3.63, 3.8) is 0 Å². The van der Waals surface area contributed by atoms with Crippen LogP contribution in [0, 0.1) is 13.8 Å². The largest absolute Gasteiger partial charge is 0.488 e. The van der Waals surface area contributed by atoms with Crippen molar-refractivity contribution < 1.29 is 14.3 Å². The Morgan fingerprint density at radius 2 is 1.87 bits per heavy atom. The zero-order valence-electron chi connectivity index (χ0n) is 14.0. The van der Waals surface area contributed by atoms with Crippen molar-refractivity contribution in [2.24, 2.45) is 0 Å². The van der Waals surface area contributed by atoms with E-state index in [2.05, 4.69) is 19.1 Å². The zero-order chi connectivity index (χ0) is 16.8. The molecular formula is C19H22O3S. The van der Waals surface area contributed by atoms with Crippen molar-refractivity contribution in [2.75, 3.05) is 6.26 Å². The van der Waals surface area contributed by atoms with E-state index in [9.17, 15) is 4.79 Å².